The number of rotatable bonds is 3. The van der Waals surface area contributed by atoms with Crippen molar-refractivity contribution in [2.45, 2.75) is 38.2 Å². The molecule has 0 bridgehead atoms. The Balaban J connectivity index is 2.44. The lowest BCUT2D eigenvalue weighted by Crippen LogP contribution is -2.27. The maximum atomic E-state index is 11.1. The second-order valence-electron chi connectivity index (χ2n) is 3.75. The van der Waals surface area contributed by atoms with E-state index in [4.69, 9.17) is 9.84 Å². The summed E-state index contributed by atoms with van der Waals surface area (Å²) in [5, 5.41) is 8.29. The quantitative estimate of drug-likeness (QED) is 0.551. The molecule has 1 aliphatic rings. The topological polar surface area (TPSA) is 63.6 Å². The van der Waals surface area contributed by atoms with Gasteiger partial charge < -0.3 is 9.84 Å². The van der Waals surface area contributed by atoms with Gasteiger partial charge in [0.05, 0.1) is 0 Å². The summed E-state index contributed by atoms with van der Waals surface area (Å²) in [7, 11) is 0. The number of carbonyl (C=O) groups excluding carboxylic acids is 1. The van der Waals surface area contributed by atoms with Gasteiger partial charge in [0.1, 0.15) is 5.60 Å². The van der Waals surface area contributed by atoms with Crippen LogP contribution in [0.4, 0.5) is 0 Å². The Labute approximate surface area is 82.6 Å². The number of hydrogen-bond donors (Lipinski definition) is 1. The first-order valence-electron chi connectivity index (χ1n) is 4.66. The molecule has 0 aromatic heterocycles. The molecule has 0 unspecified atom stereocenters. The number of esters is 1. The third kappa shape index (κ3) is 3.20. The number of carboxylic acids is 1. The highest BCUT2D eigenvalue weighted by atomic mass is 16.6. The summed E-state index contributed by atoms with van der Waals surface area (Å²) in [5.41, 5.74) is -0.389. The number of carbonyl (C=O) groups is 2. The fourth-order valence-electron chi connectivity index (χ4n) is 1.64. The summed E-state index contributed by atoms with van der Waals surface area (Å²) >= 11 is 0. The molecule has 78 valence electrons. The van der Waals surface area contributed by atoms with Gasteiger partial charge in [0.2, 0.25) is 0 Å². The van der Waals surface area contributed by atoms with Crippen molar-refractivity contribution in [3.8, 4) is 0 Å². The fraction of sp³-hybridized carbons (Fsp3) is 0.600. The molecular formula is C10H14O4. The zero-order chi connectivity index (χ0) is 10.6. The van der Waals surface area contributed by atoms with E-state index in [2.05, 4.69) is 0 Å². The highest BCUT2D eigenvalue weighted by molar-refractivity contribution is 5.90. The summed E-state index contributed by atoms with van der Waals surface area (Å²) in [6.07, 6.45) is 5.59. The van der Waals surface area contributed by atoms with Gasteiger partial charge >= 0.3 is 11.9 Å². The van der Waals surface area contributed by atoms with Gasteiger partial charge in [-0.1, -0.05) is 0 Å². The number of hydrogen-bond acceptors (Lipinski definition) is 3. The van der Waals surface area contributed by atoms with E-state index in [0.29, 0.717) is 0 Å². The van der Waals surface area contributed by atoms with E-state index in [1.165, 1.54) is 0 Å². The van der Waals surface area contributed by atoms with Crippen LogP contribution in [0.5, 0.6) is 0 Å². The molecule has 0 aromatic carbocycles. The van der Waals surface area contributed by atoms with Gasteiger partial charge in [0.15, 0.2) is 0 Å². The summed E-state index contributed by atoms with van der Waals surface area (Å²) in [6.45, 7) is 1.88. The molecule has 0 aliphatic heterocycles. The van der Waals surface area contributed by atoms with E-state index < -0.39 is 11.9 Å². The predicted octanol–water partition coefficient (Wildman–Crippen LogP) is 1.50. The van der Waals surface area contributed by atoms with Crippen molar-refractivity contribution >= 4 is 11.9 Å². The minimum absolute atomic E-state index is 0.389. The van der Waals surface area contributed by atoms with Gasteiger partial charge in [-0.25, -0.2) is 9.59 Å². The smallest absolute Gasteiger partial charge is 0.331 e. The van der Waals surface area contributed by atoms with Crippen molar-refractivity contribution in [1.82, 2.24) is 0 Å². The molecule has 1 saturated carbocycles. The van der Waals surface area contributed by atoms with Crippen molar-refractivity contribution in [3.05, 3.63) is 12.2 Å². The maximum Gasteiger partial charge on any atom is 0.331 e. The van der Waals surface area contributed by atoms with Crippen molar-refractivity contribution in [1.29, 1.82) is 0 Å². The lowest BCUT2D eigenvalue weighted by Gasteiger charge is -2.22. The average molecular weight is 198 g/mol. The first-order chi connectivity index (χ1) is 6.52. The molecule has 0 atom stereocenters. The first kappa shape index (κ1) is 10.8. The van der Waals surface area contributed by atoms with Crippen LogP contribution in [-0.2, 0) is 14.3 Å². The lowest BCUT2D eigenvalue weighted by atomic mass is 10.1. The summed E-state index contributed by atoms with van der Waals surface area (Å²) in [4.78, 5) is 21.3. The Morgan fingerprint density at radius 3 is 2.36 bits per heavy atom. The monoisotopic (exact) mass is 198 g/mol. The fourth-order valence-corrected chi connectivity index (χ4v) is 1.64. The molecular weight excluding hydrogens is 184 g/mol. The van der Waals surface area contributed by atoms with Crippen molar-refractivity contribution in [2.75, 3.05) is 0 Å². The third-order valence-corrected chi connectivity index (χ3v) is 2.37. The SMILES string of the molecule is CC1(OC(=O)C=CC(=O)O)CCCC1. The average Bonchev–Trinajstić information content (AvgIpc) is 2.48. The Bertz CT molecular complexity index is 261. The zero-order valence-electron chi connectivity index (χ0n) is 8.16. The van der Waals surface area contributed by atoms with Gasteiger partial charge in [0, 0.05) is 12.2 Å². The van der Waals surface area contributed by atoms with Gasteiger partial charge in [0.25, 0.3) is 0 Å². The molecule has 0 spiro atoms. The summed E-state index contributed by atoms with van der Waals surface area (Å²) in [5.74, 6) is -1.71. The highest BCUT2D eigenvalue weighted by Crippen LogP contribution is 2.32. The summed E-state index contributed by atoms with van der Waals surface area (Å²) < 4.78 is 5.16. The van der Waals surface area contributed by atoms with E-state index in [9.17, 15) is 9.59 Å². The van der Waals surface area contributed by atoms with Crippen LogP contribution in [0.2, 0.25) is 0 Å². The Morgan fingerprint density at radius 1 is 1.29 bits per heavy atom. The van der Waals surface area contributed by atoms with Crippen LogP contribution < -0.4 is 0 Å². The predicted molar refractivity (Wildman–Crippen MR) is 49.7 cm³/mol. The van der Waals surface area contributed by atoms with Crippen LogP contribution in [-0.4, -0.2) is 22.6 Å². The first-order valence-corrected chi connectivity index (χ1v) is 4.66. The molecule has 1 fully saturated rings. The van der Waals surface area contributed by atoms with Crippen molar-refractivity contribution in [2.24, 2.45) is 0 Å². The van der Waals surface area contributed by atoms with Gasteiger partial charge in [-0.2, -0.15) is 0 Å². The molecule has 4 nitrogen and oxygen atoms in total. The molecule has 0 radical (unpaired) electrons. The Kier molecular flexibility index (Phi) is 3.28. The minimum atomic E-state index is -1.14. The Hall–Kier alpha value is -1.32. The van der Waals surface area contributed by atoms with Gasteiger partial charge in [-0.15, -0.1) is 0 Å². The molecule has 14 heavy (non-hydrogen) atoms. The second-order valence-corrected chi connectivity index (χ2v) is 3.75. The number of aliphatic carboxylic acids is 1. The minimum Gasteiger partial charge on any atom is -0.478 e. The molecule has 0 amide bonds. The normalized spacial score (nSPS) is 19.8. The zero-order valence-corrected chi connectivity index (χ0v) is 8.16. The molecule has 0 aromatic rings. The molecule has 1 aliphatic carbocycles. The molecule has 0 saturated heterocycles. The van der Waals surface area contributed by atoms with E-state index >= 15 is 0 Å². The third-order valence-electron chi connectivity index (χ3n) is 2.37. The van der Waals surface area contributed by atoms with Crippen LogP contribution in [0.15, 0.2) is 12.2 Å². The van der Waals surface area contributed by atoms with Crippen molar-refractivity contribution < 1.29 is 19.4 Å². The van der Waals surface area contributed by atoms with Crippen LogP contribution >= 0.6 is 0 Å². The van der Waals surface area contributed by atoms with Gasteiger partial charge in [-0.05, 0) is 32.6 Å². The maximum absolute atomic E-state index is 11.1. The molecule has 0 heterocycles. The van der Waals surface area contributed by atoms with E-state index in [1.807, 2.05) is 6.92 Å². The van der Waals surface area contributed by atoms with E-state index in [1.54, 1.807) is 0 Å². The Morgan fingerprint density at radius 2 is 1.86 bits per heavy atom. The van der Waals surface area contributed by atoms with E-state index in [-0.39, 0.29) is 5.60 Å². The van der Waals surface area contributed by atoms with Crippen LogP contribution in [0.25, 0.3) is 0 Å². The number of carboxylic acid groups (broad SMARTS) is 1. The van der Waals surface area contributed by atoms with Gasteiger partial charge in [-0.3, -0.25) is 0 Å². The van der Waals surface area contributed by atoms with Crippen molar-refractivity contribution in [3.63, 3.8) is 0 Å². The van der Waals surface area contributed by atoms with Crippen LogP contribution in [0, 0.1) is 0 Å². The molecule has 1 rings (SSSR count). The van der Waals surface area contributed by atoms with Crippen LogP contribution in [0.3, 0.4) is 0 Å². The standard InChI is InChI=1S/C10H14O4/c1-10(6-2-3-7-10)14-9(13)5-4-8(11)12/h4-5H,2-3,6-7H2,1H3,(H,11,12). The van der Waals surface area contributed by atoms with E-state index in [0.717, 1.165) is 37.8 Å². The molecule has 1 N–H and O–H groups in total. The molecule has 4 heteroatoms. The second kappa shape index (κ2) is 4.26. The lowest BCUT2D eigenvalue weighted by molar-refractivity contribution is -0.151. The highest BCUT2D eigenvalue weighted by Gasteiger charge is 2.31. The summed E-state index contributed by atoms with van der Waals surface area (Å²) in [6, 6.07) is 0. The number of ether oxygens (including phenoxy) is 1. The van der Waals surface area contributed by atoms with Crippen LogP contribution in [0.1, 0.15) is 32.6 Å². The largest absolute Gasteiger partial charge is 0.478 e.